The molecule has 0 aliphatic rings. The summed E-state index contributed by atoms with van der Waals surface area (Å²) in [5, 5.41) is 0. The van der Waals surface area contributed by atoms with Crippen LogP contribution in [0.2, 0.25) is 0 Å². The average molecular weight is 226 g/mol. The Labute approximate surface area is 56.6 Å². The van der Waals surface area contributed by atoms with E-state index >= 15 is 0 Å². The standard InChI is InChI=1S/Cu.Mo.H2O.O.H2S/h;;1H2;;1H2/q2*+1;;;/p-2. The smallest absolute Gasteiger partial charge is 0.813 e. The first-order valence-corrected chi connectivity index (χ1v) is 2.07. The Morgan fingerprint density at radius 1 is 1.60 bits per heavy atom. The Morgan fingerprint density at radius 3 is 1.60 bits per heavy atom. The van der Waals surface area contributed by atoms with E-state index in [4.69, 9.17) is 7.16 Å². The molecule has 0 atom stereocenters. The van der Waals surface area contributed by atoms with Gasteiger partial charge in [0.2, 0.25) is 0 Å². The molecule has 0 saturated heterocycles. The van der Waals surface area contributed by atoms with Crippen LogP contribution in [-0.4, -0.2) is 3.76 Å². The maximum Gasteiger partial charge on any atom is -0.813 e. The predicted octanol–water partition coefficient (Wildman–Crippen LogP) is -0.951. The van der Waals surface area contributed by atoms with Crippen molar-refractivity contribution in [3.05, 3.63) is 0 Å². The van der Waals surface area contributed by atoms with Crippen LogP contribution in [0.4, 0.5) is 0 Å². The van der Waals surface area contributed by atoms with Crippen LogP contribution in [-0.2, 0) is 52.9 Å². The van der Waals surface area contributed by atoms with Gasteiger partial charge in [-0.1, -0.05) is 0 Å². The molecule has 0 fully saturated rings. The summed E-state index contributed by atoms with van der Waals surface area (Å²) in [6.45, 7) is 0. The van der Waals surface area contributed by atoms with E-state index in [1.807, 2.05) is 0 Å². The normalized spacial score (nSPS) is 2.60. The predicted molar refractivity (Wildman–Crippen MR) is 11.7 cm³/mol. The van der Waals surface area contributed by atoms with E-state index in [0.717, 1.165) is 0 Å². The molecule has 0 amide bonds. The van der Waals surface area contributed by atoms with Crippen LogP contribution in [0.5, 0.6) is 0 Å². The van der Waals surface area contributed by atoms with Crippen LogP contribution in [0.1, 0.15) is 0 Å². The molecule has 0 aliphatic carbocycles. The third-order valence-corrected chi connectivity index (χ3v) is 0. The Bertz CT molecular complexity index is 17.1. The van der Waals surface area contributed by atoms with E-state index in [1.165, 1.54) is 0 Å². The van der Waals surface area contributed by atoms with Crippen molar-refractivity contribution < 1.29 is 43.1 Å². The van der Waals surface area contributed by atoms with Crippen molar-refractivity contribution >= 4 is 13.5 Å². The van der Waals surface area contributed by atoms with Crippen LogP contribution >= 0.6 is 0 Å². The van der Waals surface area contributed by atoms with Crippen LogP contribution < -0.4 is 0 Å². The number of hydrogen-bond donors (Lipinski definition) is 1. The van der Waals surface area contributed by atoms with Gasteiger partial charge in [0.05, 0.1) is 0 Å². The molecule has 37 valence electrons. The molecule has 1 N–H and O–H groups in total. The fraction of sp³-hybridized carbons (Fsp3) is 0. The van der Waals surface area contributed by atoms with Crippen molar-refractivity contribution in [3.8, 4) is 0 Å². The summed E-state index contributed by atoms with van der Waals surface area (Å²) in [7, 11) is 0. The van der Waals surface area contributed by atoms with E-state index in [1.54, 1.807) is 0 Å². The van der Waals surface area contributed by atoms with Crippen molar-refractivity contribution in [1.29, 1.82) is 0 Å². The van der Waals surface area contributed by atoms with Gasteiger partial charge in [0.25, 0.3) is 0 Å². The van der Waals surface area contributed by atoms with Gasteiger partial charge in [0, 0.05) is 0 Å². The maximum absolute atomic E-state index is 8.62. The molecule has 0 bridgehead atoms. The molecular weight excluding hydrogens is 224 g/mol. The largest absolute Gasteiger partial charge is 0.813 e. The monoisotopic (exact) mass is 227 g/mol. The molecule has 2 nitrogen and oxygen atoms in total. The number of rotatable bonds is 0. The van der Waals surface area contributed by atoms with Gasteiger partial charge in [-0.15, -0.1) is 0 Å². The molecule has 5 heteroatoms. The van der Waals surface area contributed by atoms with E-state index in [0.29, 0.717) is 0 Å². The molecule has 0 aliphatic heterocycles. The first-order valence-electron chi connectivity index (χ1n) is 0.349. The number of thiol groups is 1. The first-order chi connectivity index (χ1) is 1.41. The second-order valence-electron chi connectivity index (χ2n) is 0.0745. The second kappa shape index (κ2) is 18.5. The summed E-state index contributed by atoms with van der Waals surface area (Å²) < 4.78 is 15.8. The van der Waals surface area contributed by atoms with Crippen LogP contribution in [0.15, 0.2) is 0 Å². The van der Waals surface area contributed by atoms with E-state index in [-0.39, 0.29) is 30.6 Å². The van der Waals surface area contributed by atoms with Crippen molar-refractivity contribution in [2.75, 3.05) is 0 Å². The molecule has 0 saturated carbocycles. The fourth-order valence-corrected chi connectivity index (χ4v) is 0. The number of hydrogen-bond acceptors (Lipinski definition) is 2. The topological polar surface area (TPSA) is 37.3 Å². The third kappa shape index (κ3) is 33.7. The summed E-state index contributed by atoms with van der Waals surface area (Å²) in [4.78, 5) is 0. The first kappa shape index (κ1) is 16.2. The van der Waals surface area contributed by atoms with Crippen molar-refractivity contribution in [2.45, 2.75) is 0 Å². The fourth-order valence-electron chi connectivity index (χ4n) is 0. The van der Waals surface area contributed by atoms with Crippen LogP contribution in [0, 0.1) is 0 Å². The zero-order valence-corrected chi connectivity index (χ0v) is 5.86. The summed E-state index contributed by atoms with van der Waals surface area (Å²) in [5.74, 6) is 0. The van der Waals surface area contributed by atoms with Gasteiger partial charge in [-0.05, 0) is 0 Å². The average Bonchev–Trinajstić information content (AvgIpc) is 0.918. The molecule has 0 heterocycles. The van der Waals surface area contributed by atoms with Gasteiger partial charge >= 0.3 is 43.1 Å². The maximum atomic E-state index is 8.62. The van der Waals surface area contributed by atoms with Crippen molar-refractivity contribution in [1.82, 2.24) is 0 Å². The van der Waals surface area contributed by atoms with Gasteiger partial charge in [0.15, 0.2) is 0 Å². The van der Waals surface area contributed by atoms with Gasteiger partial charge < -0.3 is 13.5 Å². The molecule has 0 aromatic carbocycles. The summed E-state index contributed by atoms with van der Waals surface area (Å²) in [6.07, 6.45) is 0. The summed E-state index contributed by atoms with van der Waals surface area (Å²) in [6, 6.07) is 0. The van der Waals surface area contributed by atoms with E-state index in [9.17, 15) is 0 Å². The van der Waals surface area contributed by atoms with Gasteiger partial charge in [-0.2, -0.15) is 0 Å². The Hall–Kier alpha value is 1.32. The SMILES string of the molecule is [Cu+].[O]=[Mo][OH].[SH-]. The molecule has 0 aromatic rings. The Kier molecular flexibility index (Phi) is 59.9. The summed E-state index contributed by atoms with van der Waals surface area (Å²) in [5.41, 5.74) is 0. The molecule has 0 aromatic heterocycles. The molecule has 0 spiro atoms. The molecular formula is H2CuMoO2S. The Morgan fingerprint density at radius 2 is 1.60 bits per heavy atom. The molecule has 5 heavy (non-hydrogen) atoms. The van der Waals surface area contributed by atoms with Crippen molar-refractivity contribution in [3.63, 3.8) is 0 Å². The van der Waals surface area contributed by atoms with Crippen LogP contribution in [0.25, 0.3) is 0 Å². The minimum Gasteiger partial charge on any atom is -0.813 e. The van der Waals surface area contributed by atoms with E-state index < -0.39 is 18.9 Å². The Balaban J connectivity index is -0.0000000200. The summed E-state index contributed by atoms with van der Waals surface area (Å²) >= 11 is -1.78. The second-order valence-corrected chi connectivity index (χ2v) is 0.441. The van der Waals surface area contributed by atoms with E-state index in [2.05, 4.69) is 0 Å². The minimum absolute atomic E-state index is 0. The zero-order valence-electron chi connectivity index (χ0n) is 2.01. The minimum atomic E-state index is -1.78. The third-order valence-electron chi connectivity index (χ3n) is 0. The zero-order chi connectivity index (χ0) is 2.71. The van der Waals surface area contributed by atoms with Gasteiger partial charge in [0.1, 0.15) is 0 Å². The van der Waals surface area contributed by atoms with Crippen LogP contribution in [0.3, 0.4) is 0 Å². The van der Waals surface area contributed by atoms with Gasteiger partial charge in [-0.3, -0.25) is 0 Å². The molecule has 0 unspecified atom stereocenters. The molecule has 0 radical (unpaired) electrons. The van der Waals surface area contributed by atoms with Crippen molar-refractivity contribution in [2.24, 2.45) is 0 Å². The van der Waals surface area contributed by atoms with Gasteiger partial charge in [-0.25, -0.2) is 0 Å². The molecule has 0 rings (SSSR count). The quantitative estimate of drug-likeness (QED) is 0.328.